The monoisotopic (exact) mass is 345 g/mol. The van der Waals surface area contributed by atoms with Gasteiger partial charge in [-0.15, -0.1) is 0 Å². The van der Waals surface area contributed by atoms with E-state index in [2.05, 4.69) is 27.3 Å². The van der Waals surface area contributed by atoms with E-state index >= 15 is 0 Å². The number of hydrogen-bond donors (Lipinski definition) is 1. The molecule has 0 aromatic heterocycles. The number of methoxy groups -OCH3 is 1. The standard InChI is InChI=1S/C20H31N3O2/c1-21-19(23-13-10-20(15-23)11-14-25-16-20)22-12-4-3-5-17-6-8-18(24-2)9-7-17/h6-9H,3-5,10-16H2,1-2H3,(H,21,22). The van der Waals surface area contributed by atoms with Crippen LogP contribution in [0.1, 0.15) is 31.2 Å². The van der Waals surface area contributed by atoms with E-state index in [1.54, 1.807) is 7.11 Å². The Labute approximate surface area is 151 Å². The average Bonchev–Trinajstić information content (AvgIpc) is 3.29. The molecule has 2 heterocycles. The summed E-state index contributed by atoms with van der Waals surface area (Å²) >= 11 is 0. The van der Waals surface area contributed by atoms with E-state index in [4.69, 9.17) is 9.47 Å². The molecule has 1 aromatic rings. The second-order valence-corrected chi connectivity index (χ2v) is 7.25. The highest BCUT2D eigenvalue weighted by molar-refractivity contribution is 5.80. The average molecular weight is 345 g/mol. The van der Waals surface area contributed by atoms with Crippen LogP contribution in [0.25, 0.3) is 0 Å². The number of unbranched alkanes of at least 4 members (excludes halogenated alkanes) is 1. The fourth-order valence-electron chi connectivity index (χ4n) is 3.87. The molecule has 1 aromatic carbocycles. The Balaban J connectivity index is 1.36. The summed E-state index contributed by atoms with van der Waals surface area (Å²) in [6.45, 7) is 4.99. The second-order valence-electron chi connectivity index (χ2n) is 7.25. The Hall–Kier alpha value is -1.75. The molecule has 1 atom stereocenters. The second kappa shape index (κ2) is 8.56. The number of hydrogen-bond acceptors (Lipinski definition) is 3. The fourth-order valence-corrected chi connectivity index (χ4v) is 3.87. The smallest absolute Gasteiger partial charge is 0.193 e. The van der Waals surface area contributed by atoms with Gasteiger partial charge in [-0.05, 0) is 49.8 Å². The number of likely N-dealkylation sites (tertiary alicyclic amines) is 1. The van der Waals surface area contributed by atoms with Crippen molar-refractivity contribution in [3.63, 3.8) is 0 Å². The first-order valence-electron chi connectivity index (χ1n) is 9.41. The number of ether oxygens (including phenoxy) is 2. The van der Waals surface area contributed by atoms with Crippen molar-refractivity contribution in [1.29, 1.82) is 0 Å². The molecule has 3 rings (SSSR count). The highest BCUT2D eigenvalue weighted by Crippen LogP contribution is 2.38. The summed E-state index contributed by atoms with van der Waals surface area (Å²) in [4.78, 5) is 6.88. The van der Waals surface area contributed by atoms with Gasteiger partial charge in [0, 0.05) is 38.7 Å². The Morgan fingerprint density at radius 2 is 2.12 bits per heavy atom. The number of nitrogens with zero attached hydrogens (tertiary/aromatic N) is 2. The van der Waals surface area contributed by atoms with Crippen molar-refractivity contribution in [2.75, 3.05) is 47.0 Å². The molecule has 5 heteroatoms. The van der Waals surface area contributed by atoms with E-state index in [9.17, 15) is 0 Å². The van der Waals surface area contributed by atoms with Gasteiger partial charge in [-0.3, -0.25) is 4.99 Å². The summed E-state index contributed by atoms with van der Waals surface area (Å²) in [5.74, 6) is 1.97. The van der Waals surface area contributed by atoms with Gasteiger partial charge < -0.3 is 19.7 Å². The third-order valence-electron chi connectivity index (χ3n) is 5.47. The van der Waals surface area contributed by atoms with Gasteiger partial charge in [0.25, 0.3) is 0 Å². The summed E-state index contributed by atoms with van der Waals surface area (Å²) in [6.07, 6.45) is 5.85. The van der Waals surface area contributed by atoms with E-state index in [-0.39, 0.29) is 0 Å². The summed E-state index contributed by atoms with van der Waals surface area (Å²) < 4.78 is 10.8. The first-order valence-corrected chi connectivity index (χ1v) is 9.41. The van der Waals surface area contributed by atoms with Crippen molar-refractivity contribution in [3.8, 4) is 5.75 Å². The molecule has 2 saturated heterocycles. The number of guanidine groups is 1. The normalized spacial score (nSPS) is 23.4. The number of rotatable bonds is 6. The van der Waals surface area contributed by atoms with Crippen LogP contribution < -0.4 is 10.1 Å². The molecule has 0 bridgehead atoms. The molecule has 2 fully saturated rings. The van der Waals surface area contributed by atoms with Crippen molar-refractivity contribution in [1.82, 2.24) is 10.2 Å². The lowest BCUT2D eigenvalue weighted by atomic mass is 9.87. The van der Waals surface area contributed by atoms with Gasteiger partial charge in [0.1, 0.15) is 5.75 Å². The molecule has 25 heavy (non-hydrogen) atoms. The molecule has 2 aliphatic rings. The summed E-state index contributed by atoms with van der Waals surface area (Å²) in [5, 5.41) is 3.54. The van der Waals surface area contributed by atoms with Crippen molar-refractivity contribution in [2.24, 2.45) is 10.4 Å². The van der Waals surface area contributed by atoms with Crippen LogP contribution in [0.15, 0.2) is 29.3 Å². The number of aryl methyl sites for hydroxylation is 1. The zero-order valence-electron chi connectivity index (χ0n) is 15.6. The third-order valence-corrected chi connectivity index (χ3v) is 5.47. The van der Waals surface area contributed by atoms with Crippen LogP contribution in [0, 0.1) is 5.41 Å². The van der Waals surface area contributed by atoms with Crippen LogP contribution in [-0.2, 0) is 11.2 Å². The van der Waals surface area contributed by atoms with Gasteiger partial charge in [-0.1, -0.05) is 12.1 Å². The van der Waals surface area contributed by atoms with E-state index in [0.29, 0.717) is 5.41 Å². The Morgan fingerprint density at radius 1 is 1.28 bits per heavy atom. The van der Waals surface area contributed by atoms with E-state index in [1.807, 2.05) is 19.2 Å². The van der Waals surface area contributed by atoms with Crippen molar-refractivity contribution < 1.29 is 9.47 Å². The highest BCUT2D eigenvalue weighted by Gasteiger charge is 2.42. The molecule has 138 valence electrons. The minimum atomic E-state index is 0.381. The number of benzene rings is 1. The van der Waals surface area contributed by atoms with Crippen LogP contribution in [0.2, 0.25) is 0 Å². The topological polar surface area (TPSA) is 46.1 Å². The fraction of sp³-hybridized carbons (Fsp3) is 0.650. The van der Waals surface area contributed by atoms with Gasteiger partial charge in [0.05, 0.1) is 13.7 Å². The molecule has 0 radical (unpaired) electrons. The van der Waals surface area contributed by atoms with Crippen LogP contribution in [0.3, 0.4) is 0 Å². The predicted octanol–water partition coefficient (Wildman–Crippen LogP) is 2.71. The summed E-state index contributed by atoms with van der Waals surface area (Å²) in [6, 6.07) is 8.37. The molecule has 2 aliphatic heterocycles. The molecular weight excluding hydrogens is 314 g/mol. The lowest BCUT2D eigenvalue weighted by molar-refractivity contribution is 0.156. The summed E-state index contributed by atoms with van der Waals surface area (Å²) in [7, 11) is 3.59. The van der Waals surface area contributed by atoms with Gasteiger partial charge in [-0.2, -0.15) is 0 Å². The van der Waals surface area contributed by atoms with E-state index in [0.717, 1.165) is 57.4 Å². The number of aliphatic imine (C=N–C) groups is 1. The Bertz CT molecular complexity index is 565. The highest BCUT2D eigenvalue weighted by atomic mass is 16.5. The first kappa shape index (κ1) is 18.1. The van der Waals surface area contributed by atoms with Crippen LogP contribution in [-0.4, -0.2) is 57.9 Å². The molecule has 1 unspecified atom stereocenters. The zero-order chi connectivity index (χ0) is 17.5. The first-order chi connectivity index (χ1) is 12.2. The lowest BCUT2D eigenvalue weighted by Gasteiger charge is -2.24. The molecular formula is C20H31N3O2. The van der Waals surface area contributed by atoms with Gasteiger partial charge >= 0.3 is 0 Å². The SMILES string of the molecule is CN=C(NCCCCc1ccc(OC)cc1)N1CCC2(CCOC2)C1. The maximum absolute atomic E-state index is 5.62. The van der Waals surface area contributed by atoms with Crippen molar-refractivity contribution in [2.45, 2.75) is 32.1 Å². The van der Waals surface area contributed by atoms with Crippen LogP contribution in [0.4, 0.5) is 0 Å². The van der Waals surface area contributed by atoms with Gasteiger partial charge in [-0.25, -0.2) is 0 Å². The minimum absolute atomic E-state index is 0.381. The largest absolute Gasteiger partial charge is 0.497 e. The summed E-state index contributed by atoms with van der Waals surface area (Å²) in [5.41, 5.74) is 1.75. The minimum Gasteiger partial charge on any atom is -0.497 e. The molecule has 0 saturated carbocycles. The molecule has 0 amide bonds. The Kier molecular flexibility index (Phi) is 6.19. The van der Waals surface area contributed by atoms with E-state index in [1.165, 1.54) is 24.8 Å². The Morgan fingerprint density at radius 3 is 2.80 bits per heavy atom. The predicted molar refractivity (Wildman–Crippen MR) is 101 cm³/mol. The quantitative estimate of drug-likeness (QED) is 0.489. The molecule has 0 aliphatic carbocycles. The van der Waals surface area contributed by atoms with Crippen molar-refractivity contribution in [3.05, 3.63) is 29.8 Å². The maximum atomic E-state index is 5.62. The maximum Gasteiger partial charge on any atom is 0.193 e. The molecule has 1 N–H and O–H groups in total. The van der Waals surface area contributed by atoms with Crippen LogP contribution in [0.5, 0.6) is 5.75 Å². The zero-order valence-corrected chi connectivity index (χ0v) is 15.6. The van der Waals surface area contributed by atoms with E-state index < -0.39 is 0 Å². The molecule has 1 spiro atoms. The molecule has 5 nitrogen and oxygen atoms in total. The third kappa shape index (κ3) is 4.66. The van der Waals surface area contributed by atoms with Gasteiger partial charge in [0.15, 0.2) is 5.96 Å². The van der Waals surface area contributed by atoms with Crippen molar-refractivity contribution >= 4 is 5.96 Å². The van der Waals surface area contributed by atoms with Crippen LogP contribution >= 0.6 is 0 Å². The lowest BCUT2D eigenvalue weighted by Crippen LogP contribution is -2.41. The number of nitrogens with one attached hydrogen (secondary N) is 1. The van der Waals surface area contributed by atoms with Gasteiger partial charge in [0.2, 0.25) is 0 Å².